The van der Waals surface area contributed by atoms with Crippen LogP contribution in [0.2, 0.25) is 0 Å². The third kappa shape index (κ3) is 1.36. The zero-order valence-corrected chi connectivity index (χ0v) is 8.70. The molecule has 0 radical (unpaired) electrons. The lowest BCUT2D eigenvalue weighted by molar-refractivity contribution is 0.0922. The van der Waals surface area contributed by atoms with Crippen LogP contribution in [0, 0.1) is 13.8 Å². The van der Waals surface area contributed by atoms with Gasteiger partial charge in [0.15, 0.2) is 0 Å². The molecule has 15 heavy (non-hydrogen) atoms. The Morgan fingerprint density at radius 3 is 2.73 bits per heavy atom. The molecule has 0 amide bonds. The summed E-state index contributed by atoms with van der Waals surface area (Å²) >= 11 is 0. The summed E-state index contributed by atoms with van der Waals surface area (Å²) in [6, 6.07) is 1.39. The highest BCUT2D eigenvalue weighted by molar-refractivity contribution is 5.89. The largest absolute Gasteiger partial charge is 0.403 e. The third-order valence-corrected chi connectivity index (χ3v) is 2.24. The van der Waals surface area contributed by atoms with E-state index in [-0.39, 0.29) is 11.6 Å². The van der Waals surface area contributed by atoms with Crippen LogP contribution in [0.4, 0.5) is 0 Å². The van der Waals surface area contributed by atoms with E-state index in [4.69, 9.17) is 4.42 Å². The van der Waals surface area contributed by atoms with Crippen molar-refractivity contribution in [2.24, 2.45) is 0 Å². The van der Waals surface area contributed by atoms with Gasteiger partial charge in [-0.15, -0.1) is 0 Å². The number of carbonyl (C=O) groups excluding carboxylic acids is 1. The topological polar surface area (TPSA) is 65.1 Å². The van der Waals surface area contributed by atoms with Crippen molar-refractivity contribution in [1.82, 2.24) is 9.78 Å². The van der Waals surface area contributed by atoms with Crippen molar-refractivity contribution >= 4 is 17.0 Å². The number of rotatable bonds is 0. The van der Waals surface area contributed by atoms with Gasteiger partial charge < -0.3 is 4.42 Å². The van der Waals surface area contributed by atoms with E-state index in [0.29, 0.717) is 5.69 Å². The maximum Gasteiger partial charge on any atom is 0.337 e. The Bertz CT molecular complexity index is 607. The second kappa shape index (κ2) is 3.05. The molecular formula is C10H10N2O3. The van der Waals surface area contributed by atoms with Crippen molar-refractivity contribution in [2.75, 3.05) is 0 Å². The van der Waals surface area contributed by atoms with E-state index in [1.807, 2.05) is 0 Å². The monoisotopic (exact) mass is 206 g/mol. The number of hydrogen-bond acceptors (Lipinski definition) is 4. The minimum Gasteiger partial charge on any atom is -0.403 e. The van der Waals surface area contributed by atoms with Crippen LogP contribution in [0.1, 0.15) is 23.0 Å². The first-order chi connectivity index (χ1) is 7.00. The first-order valence-corrected chi connectivity index (χ1v) is 4.51. The van der Waals surface area contributed by atoms with Gasteiger partial charge in [-0.3, -0.25) is 4.79 Å². The van der Waals surface area contributed by atoms with E-state index < -0.39 is 5.63 Å². The number of carbonyl (C=O) groups is 1. The molecular weight excluding hydrogens is 196 g/mol. The van der Waals surface area contributed by atoms with Crippen molar-refractivity contribution in [3.8, 4) is 0 Å². The third-order valence-electron chi connectivity index (χ3n) is 2.24. The molecule has 0 aliphatic carbocycles. The fourth-order valence-corrected chi connectivity index (χ4v) is 1.64. The maximum atomic E-state index is 11.2. The van der Waals surface area contributed by atoms with Gasteiger partial charge >= 0.3 is 5.63 Å². The van der Waals surface area contributed by atoms with Crippen LogP contribution in [0.5, 0.6) is 0 Å². The van der Waals surface area contributed by atoms with E-state index in [2.05, 4.69) is 5.10 Å². The molecule has 0 fully saturated rings. The molecule has 0 aromatic carbocycles. The molecule has 2 rings (SSSR count). The van der Waals surface area contributed by atoms with E-state index in [1.54, 1.807) is 13.8 Å². The smallest absolute Gasteiger partial charge is 0.337 e. The summed E-state index contributed by atoms with van der Waals surface area (Å²) in [6.45, 7) is 4.93. The van der Waals surface area contributed by atoms with Gasteiger partial charge in [0.25, 0.3) is 0 Å². The van der Waals surface area contributed by atoms with E-state index in [0.717, 1.165) is 15.6 Å². The number of nitrogens with zero attached hydrogens (tertiary/aromatic N) is 2. The molecule has 0 spiro atoms. The summed E-state index contributed by atoms with van der Waals surface area (Å²) in [5.41, 5.74) is 1.21. The van der Waals surface area contributed by atoms with Gasteiger partial charge in [0.05, 0.1) is 11.1 Å². The number of aromatic nitrogens is 2. The zero-order valence-electron chi connectivity index (χ0n) is 8.70. The average molecular weight is 206 g/mol. The van der Waals surface area contributed by atoms with Crippen LogP contribution in [0.3, 0.4) is 0 Å². The van der Waals surface area contributed by atoms with Crippen LogP contribution in [-0.2, 0) is 0 Å². The second-order valence-electron chi connectivity index (χ2n) is 3.44. The molecule has 5 heteroatoms. The number of hydrogen-bond donors (Lipinski definition) is 0. The Hall–Kier alpha value is -1.91. The maximum absolute atomic E-state index is 11.2. The first kappa shape index (κ1) is 9.64. The molecule has 0 atom stereocenters. The SMILES string of the molecule is CC(=O)n1nc(C)c2c(C)cc(=O)oc21. The molecule has 0 aliphatic rings. The Morgan fingerprint density at radius 1 is 1.47 bits per heavy atom. The zero-order chi connectivity index (χ0) is 11.2. The van der Waals surface area contributed by atoms with Gasteiger partial charge in [-0.25, -0.2) is 4.79 Å². The molecule has 0 aliphatic heterocycles. The van der Waals surface area contributed by atoms with Crippen molar-refractivity contribution in [2.45, 2.75) is 20.8 Å². The number of aryl methyl sites for hydroxylation is 2. The van der Waals surface area contributed by atoms with Crippen molar-refractivity contribution < 1.29 is 9.21 Å². The summed E-state index contributed by atoms with van der Waals surface area (Å²) in [5, 5.41) is 4.75. The quantitative estimate of drug-likeness (QED) is 0.651. The average Bonchev–Trinajstić information content (AvgIpc) is 2.42. The minimum atomic E-state index is -0.470. The summed E-state index contributed by atoms with van der Waals surface area (Å²) in [5.74, 6) is -0.276. The molecule has 2 aromatic rings. The van der Waals surface area contributed by atoms with E-state index in [1.165, 1.54) is 13.0 Å². The summed E-state index contributed by atoms with van der Waals surface area (Å²) in [4.78, 5) is 22.4. The van der Waals surface area contributed by atoms with Gasteiger partial charge in [0.2, 0.25) is 11.6 Å². The molecule has 0 unspecified atom stereocenters. The predicted molar refractivity (Wildman–Crippen MR) is 54.0 cm³/mol. The highest BCUT2D eigenvalue weighted by Gasteiger charge is 2.15. The predicted octanol–water partition coefficient (Wildman–Crippen LogP) is 1.27. The van der Waals surface area contributed by atoms with Gasteiger partial charge in [-0.1, -0.05) is 0 Å². The molecule has 5 nitrogen and oxygen atoms in total. The summed E-state index contributed by atoms with van der Waals surface area (Å²) in [7, 11) is 0. The second-order valence-corrected chi connectivity index (χ2v) is 3.44. The Labute approximate surface area is 85.3 Å². The van der Waals surface area contributed by atoms with Crippen molar-refractivity contribution in [3.05, 3.63) is 27.7 Å². The summed E-state index contributed by atoms with van der Waals surface area (Å²) < 4.78 is 6.09. The Kier molecular flexibility index (Phi) is 1.96. The standard InChI is InChI=1S/C10H10N2O3/c1-5-4-8(14)15-10-9(5)6(2)11-12(10)7(3)13/h4H,1-3H3. The minimum absolute atomic E-state index is 0.227. The summed E-state index contributed by atoms with van der Waals surface area (Å²) in [6.07, 6.45) is 0. The first-order valence-electron chi connectivity index (χ1n) is 4.51. The Morgan fingerprint density at radius 2 is 2.13 bits per heavy atom. The highest BCUT2D eigenvalue weighted by atomic mass is 16.4. The van der Waals surface area contributed by atoms with Crippen LogP contribution >= 0.6 is 0 Å². The lowest BCUT2D eigenvalue weighted by atomic mass is 10.2. The molecule has 0 saturated heterocycles. The molecule has 0 saturated carbocycles. The van der Waals surface area contributed by atoms with E-state index in [9.17, 15) is 9.59 Å². The molecule has 78 valence electrons. The number of fused-ring (bicyclic) bond motifs is 1. The highest BCUT2D eigenvalue weighted by Crippen LogP contribution is 2.19. The fourth-order valence-electron chi connectivity index (χ4n) is 1.64. The van der Waals surface area contributed by atoms with Gasteiger partial charge in [0, 0.05) is 13.0 Å². The lowest BCUT2D eigenvalue weighted by Gasteiger charge is -1.96. The normalized spacial score (nSPS) is 10.9. The van der Waals surface area contributed by atoms with Crippen LogP contribution in [-0.4, -0.2) is 15.7 Å². The van der Waals surface area contributed by atoms with Gasteiger partial charge in [0.1, 0.15) is 0 Å². The van der Waals surface area contributed by atoms with E-state index >= 15 is 0 Å². The van der Waals surface area contributed by atoms with Gasteiger partial charge in [-0.05, 0) is 19.4 Å². The molecule has 2 aromatic heterocycles. The van der Waals surface area contributed by atoms with Gasteiger partial charge in [-0.2, -0.15) is 9.78 Å². The van der Waals surface area contributed by atoms with Crippen LogP contribution < -0.4 is 5.63 Å². The fraction of sp³-hybridized carbons (Fsp3) is 0.300. The van der Waals surface area contributed by atoms with Crippen molar-refractivity contribution in [1.29, 1.82) is 0 Å². The lowest BCUT2D eigenvalue weighted by Crippen LogP contribution is -2.09. The Balaban J connectivity index is 2.99. The van der Waals surface area contributed by atoms with Crippen molar-refractivity contribution in [3.63, 3.8) is 0 Å². The van der Waals surface area contributed by atoms with Crippen LogP contribution in [0.25, 0.3) is 11.1 Å². The van der Waals surface area contributed by atoms with Crippen LogP contribution in [0.15, 0.2) is 15.3 Å². The molecule has 0 N–H and O–H groups in total. The molecule has 0 bridgehead atoms. The molecule has 2 heterocycles.